The Morgan fingerprint density at radius 2 is 2.11 bits per heavy atom. The van der Waals surface area contributed by atoms with Gasteiger partial charge in [-0.05, 0) is 37.8 Å². The molecule has 0 radical (unpaired) electrons. The molecular weight excluding hydrogens is 230 g/mol. The van der Waals surface area contributed by atoms with Gasteiger partial charge in [-0.25, -0.2) is 0 Å². The normalized spacial score (nSPS) is 23.6. The highest BCUT2D eigenvalue weighted by molar-refractivity contribution is 5.78. The van der Waals surface area contributed by atoms with Crippen LogP contribution in [0.2, 0.25) is 0 Å². The number of anilines is 1. The predicted octanol–water partition coefficient (Wildman–Crippen LogP) is 0.626. The number of aromatic nitrogens is 1. The van der Waals surface area contributed by atoms with Crippen LogP contribution in [0.25, 0.3) is 0 Å². The Balaban J connectivity index is 1.80. The first-order chi connectivity index (χ1) is 8.63. The molecule has 1 amide bonds. The van der Waals surface area contributed by atoms with E-state index in [-0.39, 0.29) is 24.5 Å². The number of rotatable bonds is 3. The molecule has 1 aliphatic carbocycles. The van der Waals surface area contributed by atoms with E-state index in [1.54, 1.807) is 18.3 Å². The van der Waals surface area contributed by atoms with Crippen molar-refractivity contribution in [2.24, 2.45) is 0 Å². The smallest absolute Gasteiger partial charge is 0.226 e. The SMILES string of the molecule is Nc1ccc(CC(=O)NC2CCC(O)CC2)nc1. The minimum absolute atomic E-state index is 0.0198. The van der Waals surface area contributed by atoms with Crippen LogP contribution >= 0.6 is 0 Å². The number of nitrogens with two attached hydrogens (primary N) is 1. The van der Waals surface area contributed by atoms with Crippen molar-refractivity contribution in [3.05, 3.63) is 24.0 Å². The Kier molecular flexibility index (Phi) is 4.15. The summed E-state index contributed by atoms with van der Waals surface area (Å²) in [5, 5.41) is 12.4. The number of pyridine rings is 1. The van der Waals surface area contributed by atoms with Crippen molar-refractivity contribution in [2.75, 3.05) is 5.73 Å². The predicted molar refractivity (Wildman–Crippen MR) is 68.8 cm³/mol. The molecule has 98 valence electrons. The molecule has 1 fully saturated rings. The average molecular weight is 249 g/mol. The highest BCUT2D eigenvalue weighted by Crippen LogP contribution is 2.18. The molecule has 0 aliphatic heterocycles. The quantitative estimate of drug-likeness (QED) is 0.733. The Labute approximate surface area is 106 Å². The number of amides is 1. The molecule has 0 saturated heterocycles. The molecule has 2 rings (SSSR count). The van der Waals surface area contributed by atoms with E-state index in [9.17, 15) is 9.90 Å². The molecule has 5 nitrogen and oxygen atoms in total. The van der Waals surface area contributed by atoms with E-state index in [0.717, 1.165) is 31.4 Å². The zero-order valence-electron chi connectivity index (χ0n) is 10.3. The first-order valence-electron chi connectivity index (χ1n) is 6.31. The lowest BCUT2D eigenvalue weighted by atomic mass is 9.93. The fourth-order valence-corrected chi connectivity index (χ4v) is 2.20. The van der Waals surface area contributed by atoms with E-state index in [1.165, 1.54) is 0 Å². The fourth-order valence-electron chi connectivity index (χ4n) is 2.20. The first-order valence-corrected chi connectivity index (χ1v) is 6.31. The lowest BCUT2D eigenvalue weighted by Gasteiger charge is -2.26. The van der Waals surface area contributed by atoms with E-state index < -0.39 is 0 Å². The maximum atomic E-state index is 11.8. The molecule has 4 N–H and O–H groups in total. The van der Waals surface area contributed by atoms with Crippen molar-refractivity contribution in [1.29, 1.82) is 0 Å². The summed E-state index contributed by atoms with van der Waals surface area (Å²) in [4.78, 5) is 15.9. The Morgan fingerprint density at radius 1 is 1.39 bits per heavy atom. The minimum Gasteiger partial charge on any atom is -0.397 e. The van der Waals surface area contributed by atoms with Gasteiger partial charge in [-0.1, -0.05) is 0 Å². The molecule has 0 aromatic carbocycles. The fraction of sp³-hybridized carbons (Fsp3) is 0.538. The third-order valence-electron chi connectivity index (χ3n) is 3.25. The lowest BCUT2D eigenvalue weighted by molar-refractivity contribution is -0.121. The van der Waals surface area contributed by atoms with Gasteiger partial charge in [0.15, 0.2) is 0 Å². The number of nitrogens with one attached hydrogen (secondary N) is 1. The van der Waals surface area contributed by atoms with Crippen molar-refractivity contribution in [3.63, 3.8) is 0 Å². The van der Waals surface area contributed by atoms with Crippen LogP contribution in [-0.4, -0.2) is 28.1 Å². The number of hydrogen-bond donors (Lipinski definition) is 3. The number of aliphatic hydroxyl groups excluding tert-OH is 1. The highest BCUT2D eigenvalue weighted by Gasteiger charge is 2.20. The lowest BCUT2D eigenvalue weighted by Crippen LogP contribution is -2.39. The Morgan fingerprint density at radius 3 is 2.72 bits per heavy atom. The summed E-state index contributed by atoms with van der Waals surface area (Å²) in [6.07, 6.45) is 4.87. The zero-order chi connectivity index (χ0) is 13.0. The van der Waals surface area contributed by atoms with Crippen LogP contribution < -0.4 is 11.1 Å². The van der Waals surface area contributed by atoms with Crippen LogP contribution in [0, 0.1) is 0 Å². The Hall–Kier alpha value is -1.62. The molecule has 0 unspecified atom stereocenters. The molecule has 1 heterocycles. The molecule has 0 bridgehead atoms. The van der Waals surface area contributed by atoms with Gasteiger partial charge in [0.1, 0.15) is 0 Å². The molecule has 0 spiro atoms. The van der Waals surface area contributed by atoms with Crippen molar-refractivity contribution >= 4 is 11.6 Å². The molecule has 0 atom stereocenters. The van der Waals surface area contributed by atoms with Crippen LogP contribution in [0.5, 0.6) is 0 Å². The second-order valence-electron chi connectivity index (χ2n) is 4.83. The summed E-state index contributed by atoms with van der Waals surface area (Å²) >= 11 is 0. The van der Waals surface area contributed by atoms with Crippen molar-refractivity contribution in [3.8, 4) is 0 Å². The van der Waals surface area contributed by atoms with Gasteiger partial charge in [0.25, 0.3) is 0 Å². The van der Waals surface area contributed by atoms with E-state index in [1.807, 2.05) is 0 Å². The van der Waals surface area contributed by atoms with Gasteiger partial charge in [-0.3, -0.25) is 9.78 Å². The van der Waals surface area contributed by atoms with Gasteiger partial charge in [0, 0.05) is 11.7 Å². The summed E-state index contributed by atoms with van der Waals surface area (Å²) in [6, 6.07) is 3.70. The van der Waals surface area contributed by atoms with E-state index in [0.29, 0.717) is 5.69 Å². The molecule has 18 heavy (non-hydrogen) atoms. The van der Waals surface area contributed by atoms with Gasteiger partial charge < -0.3 is 16.2 Å². The van der Waals surface area contributed by atoms with Gasteiger partial charge in [0.2, 0.25) is 5.91 Å². The van der Waals surface area contributed by atoms with Crippen LogP contribution in [-0.2, 0) is 11.2 Å². The minimum atomic E-state index is -0.197. The molecular formula is C13H19N3O2. The standard InChI is InChI=1S/C13H19N3O2/c14-9-1-2-11(15-8-9)7-13(18)16-10-3-5-12(17)6-4-10/h1-2,8,10,12,17H,3-7,14H2,(H,16,18). The molecule has 1 saturated carbocycles. The zero-order valence-corrected chi connectivity index (χ0v) is 10.3. The summed E-state index contributed by atoms with van der Waals surface area (Å²) < 4.78 is 0. The van der Waals surface area contributed by atoms with E-state index >= 15 is 0 Å². The summed E-state index contributed by atoms with van der Waals surface area (Å²) in [5.41, 5.74) is 6.85. The first kappa shape index (κ1) is 12.8. The number of hydrogen-bond acceptors (Lipinski definition) is 4. The molecule has 5 heteroatoms. The number of carbonyl (C=O) groups is 1. The van der Waals surface area contributed by atoms with Crippen LogP contribution in [0.15, 0.2) is 18.3 Å². The topological polar surface area (TPSA) is 88.2 Å². The second kappa shape index (κ2) is 5.82. The van der Waals surface area contributed by atoms with Crippen LogP contribution in [0.3, 0.4) is 0 Å². The van der Waals surface area contributed by atoms with E-state index in [4.69, 9.17) is 5.73 Å². The third kappa shape index (κ3) is 3.70. The number of aliphatic hydroxyl groups is 1. The van der Waals surface area contributed by atoms with Crippen molar-refractivity contribution in [2.45, 2.75) is 44.2 Å². The summed E-state index contributed by atoms with van der Waals surface area (Å²) in [6.45, 7) is 0. The molecule has 1 aromatic rings. The number of carbonyl (C=O) groups excluding carboxylic acids is 1. The highest BCUT2D eigenvalue weighted by atomic mass is 16.3. The monoisotopic (exact) mass is 249 g/mol. The van der Waals surface area contributed by atoms with Gasteiger partial charge in [-0.15, -0.1) is 0 Å². The molecule has 1 aliphatic rings. The maximum absolute atomic E-state index is 11.8. The molecule has 1 aromatic heterocycles. The third-order valence-corrected chi connectivity index (χ3v) is 3.25. The summed E-state index contributed by atoms with van der Waals surface area (Å²) in [7, 11) is 0. The second-order valence-corrected chi connectivity index (χ2v) is 4.83. The summed E-state index contributed by atoms with van der Waals surface area (Å²) in [5.74, 6) is -0.0198. The largest absolute Gasteiger partial charge is 0.397 e. The van der Waals surface area contributed by atoms with Gasteiger partial charge >= 0.3 is 0 Å². The van der Waals surface area contributed by atoms with Crippen molar-refractivity contribution < 1.29 is 9.90 Å². The number of nitrogens with zero attached hydrogens (tertiary/aromatic N) is 1. The van der Waals surface area contributed by atoms with Crippen LogP contribution in [0.1, 0.15) is 31.4 Å². The van der Waals surface area contributed by atoms with Gasteiger partial charge in [-0.2, -0.15) is 0 Å². The number of nitrogen functional groups attached to an aromatic ring is 1. The van der Waals surface area contributed by atoms with E-state index in [2.05, 4.69) is 10.3 Å². The van der Waals surface area contributed by atoms with Crippen molar-refractivity contribution in [1.82, 2.24) is 10.3 Å². The average Bonchev–Trinajstić information content (AvgIpc) is 2.35. The maximum Gasteiger partial charge on any atom is 0.226 e. The Bertz CT molecular complexity index is 397. The van der Waals surface area contributed by atoms with Gasteiger partial charge in [0.05, 0.1) is 24.4 Å². The van der Waals surface area contributed by atoms with Crippen LogP contribution in [0.4, 0.5) is 5.69 Å².